The first kappa shape index (κ1) is 12.8. The molecule has 1 fully saturated rings. The molecule has 3 rings (SSSR count). The minimum absolute atomic E-state index is 0. The van der Waals surface area contributed by atoms with Gasteiger partial charge in [0.25, 0.3) is 0 Å². The van der Waals surface area contributed by atoms with Gasteiger partial charge in [0.05, 0.1) is 0 Å². The monoisotopic (exact) mass is 256 g/mol. The van der Waals surface area contributed by atoms with E-state index in [1.165, 1.54) is 43.8 Å². The van der Waals surface area contributed by atoms with Gasteiger partial charge in [0.15, 0.2) is 0 Å². The number of hydrogen-bond donors (Lipinski definition) is 1. The van der Waals surface area contributed by atoms with Gasteiger partial charge in [-0.2, -0.15) is 0 Å². The molecule has 0 amide bonds. The molecule has 96 valence electrons. The third-order valence-electron chi connectivity index (χ3n) is 3.80. The molecule has 2 aliphatic heterocycles. The van der Waals surface area contributed by atoms with Gasteiger partial charge in [-0.15, -0.1) is 22.6 Å². The van der Waals surface area contributed by atoms with Crippen LogP contribution in [0.3, 0.4) is 0 Å². The minimum atomic E-state index is 0. The minimum Gasteiger partial charge on any atom is -0.316 e. The van der Waals surface area contributed by atoms with Gasteiger partial charge in [0.2, 0.25) is 0 Å². The van der Waals surface area contributed by atoms with Crippen LogP contribution >= 0.6 is 12.4 Å². The van der Waals surface area contributed by atoms with E-state index in [4.69, 9.17) is 0 Å². The molecule has 0 radical (unpaired) electrons. The van der Waals surface area contributed by atoms with E-state index in [-0.39, 0.29) is 12.4 Å². The molecular weight excluding hydrogens is 236 g/mol. The number of hydrogen-bond acceptors (Lipinski definition) is 3. The van der Waals surface area contributed by atoms with Crippen molar-refractivity contribution in [2.45, 2.75) is 51.0 Å². The first-order valence-corrected chi connectivity index (χ1v) is 6.58. The molecule has 17 heavy (non-hydrogen) atoms. The van der Waals surface area contributed by atoms with Crippen LogP contribution in [0.5, 0.6) is 0 Å². The maximum atomic E-state index is 4.44. The molecule has 5 heteroatoms. The summed E-state index contributed by atoms with van der Waals surface area (Å²) in [5, 5.41) is 12.3. The van der Waals surface area contributed by atoms with Crippen LogP contribution in [0.15, 0.2) is 0 Å². The quantitative estimate of drug-likeness (QED) is 0.835. The summed E-state index contributed by atoms with van der Waals surface area (Å²) < 4.78 is 2.39. The number of halogens is 1. The predicted molar refractivity (Wildman–Crippen MR) is 69.7 cm³/mol. The van der Waals surface area contributed by atoms with E-state index in [2.05, 4.69) is 20.1 Å². The first-order chi connectivity index (χ1) is 7.95. The fraction of sp³-hybridized carbons (Fsp3) is 0.833. The lowest BCUT2D eigenvalue weighted by Crippen LogP contribution is -2.30. The smallest absolute Gasteiger partial charge is 0.137 e. The second-order valence-corrected chi connectivity index (χ2v) is 4.98. The normalized spacial score (nSPS) is 24.6. The summed E-state index contributed by atoms with van der Waals surface area (Å²) in [4.78, 5) is 0. The van der Waals surface area contributed by atoms with Crippen LogP contribution in [0.25, 0.3) is 0 Å². The lowest BCUT2D eigenvalue weighted by Gasteiger charge is -2.22. The molecule has 1 atom stereocenters. The zero-order valence-corrected chi connectivity index (χ0v) is 11.0. The summed E-state index contributed by atoms with van der Waals surface area (Å²) in [5.41, 5.74) is 0. The van der Waals surface area contributed by atoms with Crippen LogP contribution in [-0.2, 0) is 13.0 Å². The van der Waals surface area contributed by atoms with Crippen LogP contribution in [0.1, 0.15) is 49.7 Å². The summed E-state index contributed by atoms with van der Waals surface area (Å²) in [6.45, 7) is 3.38. The van der Waals surface area contributed by atoms with Gasteiger partial charge < -0.3 is 9.88 Å². The Morgan fingerprint density at radius 3 is 2.88 bits per heavy atom. The number of nitrogens with one attached hydrogen (secondary N) is 1. The second kappa shape index (κ2) is 5.83. The number of rotatable bonds is 1. The van der Waals surface area contributed by atoms with Crippen LogP contribution in [0, 0.1) is 0 Å². The van der Waals surface area contributed by atoms with Crippen molar-refractivity contribution < 1.29 is 0 Å². The predicted octanol–water partition coefficient (Wildman–Crippen LogP) is 1.89. The number of piperidine rings is 1. The summed E-state index contributed by atoms with van der Waals surface area (Å²) in [6, 6.07) is 0. The van der Waals surface area contributed by atoms with E-state index in [1.807, 2.05) is 0 Å². The Balaban J connectivity index is 0.00000108. The molecule has 4 nitrogen and oxygen atoms in total. The highest BCUT2D eigenvalue weighted by Crippen LogP contribution is 2.24. The van der Waals surface area contributed by atoms with Crippen molar-refractivity contribution in [1.82, 2.24) is 20.1 Å². The van der Waals surface area contributed by atoms with Crippen molar-refractivity contribution in [3.05, 3.63) is 11.6 Å². The lowest BCUT2D eigenvalue weighted by molar-refractivity contribution is 0.429. The summed E-state index contributed by atoms with van der Waals surface area (Å²) in [7, 11) is 0. The van der Waals surface area contributed by atoms with Crippen molar-refractivity contribution in [2.24, 2.45) is 0 Å². The number of nitrogens with zero attached hydrogens (tertiary/aromatic N) is 3. The van der Waals surface area contributed by atoms with E-state index in [0.717, 1.165) is 26.1 Å². The Morgan fingerprint density at radius 1 is 1.12 bits per heavy atom. The third kappa shape index (κ3) is 2.63. The van der Waals surface area contributed by atoms with Crippen LogP contribution < -0.4 is 5.32 Å². The zero-order valence-electron chi connectivity index (χ0n) is 10.2. The van der Waals surface area contributed by atoms with Gasteiger partial charge in [-0.1, -0.05) is 6.42 Å². The van der Waals surface area contributed by atoms with E-state index in [0.29, 0.717) is 5.92 Å². The van der Waals surface area contributed by atoms with E-state index in [9.17, 15) is 0 Å². The molecule has 2 aliphatic rings. The second-order valence-electron chi connectivity index (χ2n) is 4.98. The maximum absolute atomic E-state index is 4.44. The Kier molecular flexibility index (Phi) is 4.40. The summed E-state index contributed by atoms with van der Waals surface area (Å²) >= 11 is 0. The molecule has 1 N–H and O–H groups in total. The van der Waals surface area contributed by atoms with Crippen LogP contribution in [0.2, 0.25) is 0 Å². The van der Waals surface area contributed by atoms with Crippen LogP contribution in [-0.4, -0.2) is 27.9 Å². The van der Waals surface area contributed by atoms with Crippen molar-refractivity contribution in [3.8, 4) is 0 Å². The molecule has 1 unspecified atom stereocenters. The third-order valence-corrected chi connectivity index (χ3v) is 3.80. The highest BCUT2D eigenvalue weighted by molar-refractivity contribution is 5.85. The van der Waals surface area contributed by atoms with Gasteiger partial charge in [0, 0.05) is 25.4 Å². The zero-order chi connectivity index (χ0) is 10.8. The summed E-state index contributed by atoms with van der Waals surface area (Å²) in [5.74, 6) is 3.05. The molecular formula is C12H21ClN4. The maximum Gasteiger partial charge on any atom is 0.137 e. The summed E-state index contributed by atoms with van der Waals surface area (Å²) in [6.07, 6.45) is 7.57. The average Bonchev–Trinajstić information content (AvgIpc) is 2.60. The van der Waals surface area contributed by atoms with Crippen LogP contribution in [0.4, 0.5) is 0 Å². The molecule has 0 saturated carbocycles. The largest absolute Gasteiger partial charge is 0.316 e. The van der Waals surface area contributed by atoms with Crippen molar-refractivity contribution in [2.75, 3.05) is 13.1 Å². The average molecular weight is 257 g/mol. The topological polar surface area (TPSA) is 42.7 Å². The molecule has 0 spiro atoms. The van der Waals surface area contributed by atoms with E-state index >= 15 is 0 Å². The Bertz CT molecular complexity index is 357. The van der Waals surface area contributed by atoms with Crippen molar-refractivity contribution in [1.29, 1.82) is 0 Å². The molecule has 1 saturated heterocycles. The van der Waals surface area contributed by atoms with Gasteiger partial charge in [-0.3, -0.25) is 0 Å². The van der Waals surface area contributed by atoms with E-state index in [1.54, 1.807) is 0 Å². The van der Waals surface area contributed by atoms with Gasteiger partial charge in [0.1, 0.15) is 11.6 Å². The highest BCUT2D eigenvalue weighted by Gasteiger charge is 2.23. The Hall–Kier alpha value is -0.610. The van der Waals surface area contributed by atoms with Gasteiger partial charge in [-0.05, 0) is 32.2 Å². The highest BCUT2D eigenvalue weighted by atomic mass is 35.5. The number of fused-ring (bicyclic) bond motifs is 1. The molecule has 3 heterocycles. The fourth-order valence-corrected chi connectivity index (χ4v) is 2.88. The van der Waals surface area contributed by atoms with Crippen molar-refractivity contribution >= 4 is 12.4 Å². The molecule has 1 aromatic heterocycles. The Morgan fingerprint density at radius 2 is 2.06 bits per heavy atom. The number of aromatic nitrogens is 3. The first-order valence-electron chi connectivity index (χ1n) is 6.58. The SMILES string of the molecule is C1CCc2nnc(C3CCCNC3)n2CC1.Cl. The van der Waals surface area contributed by atoms with Gasteiger partial charge >= 0.3 is 0 Å². The molecule has 0 aliphatic carbocycles. The van der Waals surface area contributed by atoms with Gasteiger partial charge in [-0.25, -0.2) is 0 Å². The fourth-order valence-electron chi connectivity index (χ4n) is 2.88. The molecule has 1 aromatic rings. The molecule has 0 aromatic carbocycles. The Labute approximate surface area is 109 Å². The molecule has 0 bridgehead atoms. The van der Waals surface area contributed by atoms with Crippen molar-refractivity contribution in [3.63, 3.8) is 0 Å². The number of aryl methyl sites for hydroxylation is 1. The van der Waals surface area contributed by atoms with E-state index < -0.39 is 0 Å². The lowest BCUT2D eigenvalue weighted by atomic mass is 9.99. The standard InChI is InChI=1S/C12H20N4.ClH/c1-2-6-11-14-15-12(16(11)8-3-1)10-5-4-7-13-9-10;/h10,13H,1-9H2;1H.